The van der Waals surface area contributed by atoms with Crippen molar-refractivity contribution in [1.82, 2.24) is 4.98 Å². The van der Waals surface area contributed by atoms with Crippen molar-refractivity contribution in [2.75, 3.05) is 17.1 Å². The van der Waals surface area contributed by atoms with Gasteiger partial charge in [-0.15, -0.1) is 11.3 Å². The SMILES string of the molecule is COc1ccc(S(=O)(=O)Nc2nc(C(=O)Nc3ccc(F)cc3)cs2)cc1. The van der Waals surface area contributed by atoms with Crippen molar-refractivity contribution >= 4 is 38.1 Å². The number of benzene rings is 2. The lowest BCUT2D eigenvalue weighted by atomic mass is 10.3. The maximum absolute atomic E-state index is 12.9. The summed E-state index contributed by atoms with van der Waals surface area (Å²) >= 11 is 0.973. The van der Waals surface area contributed by atoms with Crippen molar-refractivity contribution in [1.29, 1.82) is 0 Å². The molecular weight excluding hydrogens is 393 g/mol. The predicted molar refractivity (Wildman–Crippen MR) is 100 cm³/mol. The molecule has 0 saturated heterocycles. The molecule has 1 aromatic heterocycles. The number of nitrogens with one attached hydrogen (secondary N) is 2. The topological polar surface area (TPSA) is 97.4 Å². The standard InChI is InChI=1S/C17H14FN3O4S2/c1-25-13-6-8-14(9-7-13)27(23,24)21-17-20-15(10-26-17)16(22)19-12-4-2-11(18)3-5-12/h2-10H,1H3,(H,19,22)(H,20,21). The summed E-state index contributed by atoms with van der Waals surface area (Å²) < 4.78 is 45.0. The fourth-order valence-electron chi connectivity index (χ4n) is 2.08. The Kier molecular flexibility index (Phi) is 5.38. The second-order valence-corrected chi connectivity index (χ2v) is 7.82. The van der Waals surface area contributed by atoms with Gasteiger partial charge in [0.15, 0.2) is 5.13 Å². The molecular formula is C17H14FN3O4S2. The fraction of sp³-hybridized carbons (Fsp3) is 0.0588. The van der Waals surface area contributed by atoms with Crippen LogP contribution in [0.3, 0.4) is 0 Å². The van der Waals surface area contributed by atoms with Gasteiger partial charge in [-0.3, -0.25) is 9.52 Å². The van der Waals surface area contributed by atoms with E-state index in [1.165, 1.54) is 61.0 Å². The summed E-state index contributed by atoms with van der Waals surface area (Å²) in [4.78, 5) is 16.2. The lowest BCUT2D eigenvalue weighted by molar-refractivity contribution is 0.102. The van der Waals surface area contributed by atoms with Gasteiger partial charge in [0.2, 0.25) is 0 Å². The normalized spacial score (nSPS) is 11.0. The molecule has 10 heteroatoms. The van der Waals surface area contributed by atoms with Crippen LogP contribution in [0.15, 0.2) is 58.8 Å². The average molecular weight is 407 g/mol. The zero-order valence-corrected chi connectivity index (χ0v) is 15.6. The molecule has 3 aromatic rings. The Balaban J connectivity index is 1.70. The number of nitrogens with zero attached hydrogens (tertiary/aromatic N) is 1. The number of hydrogen-bond acceptors (Lipinski definition) is 6. The van der Waals surface area contributed by atoms with Crippen LogP contribution in [0, 0.1) is 5.82 Å². The molecule has 0 aliphatic rings. The minimum absolute atomic E-state index is 0.0378. The molecule has 2 aromatic carbocycles. The molecule has 27 heavy (non-hydrogen) atoms. The maximum atomic E-state index is 12.9. The van der Waals surface area contributed by atoms with Crippen LogP contribution in [0.4, 0.5) is 15.2 Å². The van der Waals surface area contributed by atoms with E-state index in [1.54, 1.807) is 0 Å². The third-order valence-electron chi connectivity index (χ3n) is 3.43. The number of anilines is 2. The minimum Gasteiger partial charge on any atom is -0.497 e. The maximum Gasteiger partial charge on any atom is 0.275 e. The lowest BCUT2D eigenvalue weighted by Gasteiger charge is -2.06. The smallest absolute Gasteiger partial charge is 0.275 e. The van der Waals surface area contributed by atoms with Gasteiger partial charge in [0.05, 0.1) is 12.0 Å². The van der Waals surface area contributed by atoms with E-state index >= 15 is 0 Å². The molecule has 0 radical (unpaired) electrons. The Morgan fingerprint density at radius 2 is 1.78 bits per heavy atom. The summed E-state index contributed by atoms with van der Waals surface area (Å²) in [5.74, 6) is -0.424. The summed E-state index contributed by atoms with van der Waals surface area (Å²) in [5, 5.41) is 4.03. The molecule has 0 fully saturated rings. The summed E-state index contributed by atoms with van der Waals surface area (Å²) in [6, 6.07) is 11.1. The van der Waals surface area contributed by atoms with Crippen LogP contribution in [0.25, 0.3) is 0 Å². The van der Waals surface area contributed by atoms with Crippen LogP contribution in [0.1, 0.15) is 10.5 Å². The number of thiazole rings is 1. The fourth-order valence-corrected chi connectivity index (χ4v) is 4.03. The molecule has 1 amide bonds. The third-order valence-corrected chi connectivity index (χ3v) is 5.67. The zero-order chi connectivity index (χ0) is 19.4. The van der Waals surface area contributed by atoms with E-state index in [0.717, 1.165) is 11.3 Å². The van der Waals surface area contributed by atoms with Gasteiger partial charge in [0.1, 0.15) is 17.3 Å². The molecule has 0 spiro atoms. The molecule has 1 heterocycles. The number of halogens is 1. The first kappa shape index (κ1) is 18.8. The number of hydrogen-bond donors (Lipinski definition) is 2. The summed E-state index contributed by atoms with van der Waals surface area (Å²) in [6.45, 7) is 0. The molecule has 0 saturated carbocycles. The van der Waals surface area contributed by atoms with Crippen LogP contribution in [-0.4, -0.2) is 26.4 Å². The molecule has 0 atom stereocenters. The number of ether oxygens (including phenoxy) is 1. The van der Waals surface area contributed by atoms with Crippen molar-refractivity contribution in [3.05, 3.63) is 65.4 Å². The second-order valence-electron chi connectivity index (χ2n) is 5.28. The highest BCUT2D eigenvalue weighted by Gasteiger charge is 2.18. The molecule has 0 aliphatic heterocycles. The minimum atomic E-state index is -3.85. The highest BCUT2D eigenvalue weighted by atomic mass is 32.2. The predicted octanol–water partition coefficient (Wildman–Crippen LogP) is 3.34. The number of aromatic nitrogens is 1. The van der Waals surface area contributed by atoms with Crippen molar-refractivity contribution in [2.45, 2.75) is 4.90 Å². The van der Waals surface area contributed by atoms with Crippen molar-refractivity contribution < 1.29 is 22.3 Å². The number of rotatable bonds is 6. The van der Waals surface area contributed by atoms with E-state index < -0.39 is 21.7 Å². The van der Waals surface area contributed by atoms with E-state index in [2.05, 4.69) is 15.0 Å². The van der Waals surface area contributed by atoms with Crippen LogP contribution in [0.5, 0.6) is 5.75 Å². The highest BCUT2D eigenvalue weighted by molar-refractivity contribution is 7.93. The van der Waals surface area contributed by atoms with Gasteiger partial charge in [-0.2, -0.15) is 0 Å². The van der Waals surface area contributed by atoms with E-state index in [4.69, 9.17) is 4.74 Å². The summed E-state index contributed by atoms with van der Waals surface area (Å²) in [6.07, 6.45) is 0. The first-order chi connectivity index (χ1) is 12.9. The van der Waals surface area contributed by atoms with Gasteiger partial charge in [-0.25, -0.2) is 17.8 Å². The van der Waals surface area contributed by atoms with Gasteiger partial charge in [0.25, 0.3) is 15.9 Å². The quantitative estimate of drug-likeness (QED) is 0.653. The Morgan fingerprint density at radius 1 is 1.11 bits per heavy atom. The largest absolute Gasteiger partial charge is 0.497 e. The monoisotopic (exact) mass is 407 g/mol. The lowest BCUT2D eigenvalue weighted by Crippen LogP contribution is -2.14. The van der Waals surface area contributed by atoms with Gasteiger partial charge >= 0.3 is 0 Å². The van der Waals surface area contributed by atoms with Gasteiger partial charge in [0, 0.05) is 11.1 Å². The van der Waals surface area contributed by atoms with Crippen molar-refractivity contribution in [2.24, 2.45) is 0 Å². The van der Waals surface area contributed by atoms with Crippen LogP contribution >= 0.6 is 11.3 Å². The zero-order valence-electron chi connectivity index (χ0n) is 14.0. The average Bonchev–Trinajstić information content (AvgIpc) is 3.11. The molecule has 0 aliphatic carbocycles. The van der Waals surface area contributed by atoms with Crippen LogP contribution in [-0.2, 0) is 10.0 Å². The first-order valence-electron chi connectivity index (χ1n) is 7.57. The summed E-state index contributed by atoms with van der Waals surface area (Å²) in [5.41, 5.74) is 0.437. The van der Waals surface area contributed by atoms with Crippen molar-refractivity contribution in [3.63, 3.8) is 0 Å². The Labute approximate surface area is 158 Å². The molecule has 140 valence electrons. The Morgan fingerprint density at radius 3 is 2.41 bits per heavy atom. The van der Waals surface area contributed by atoms with Crippen LogP contribution < -0.4 is 14.8 Å². The van der Waals surface area contributed by atoms with E-state index in [-0.39, 0.29) is 15.7 Å². The van der Waals surface area contributed by atoms with Gasteiger partial charge < -0.3 is 10.1 Å². The number of carbonyl (C=O) groups excluding carboxylic acids is 1. The number of methoxy groups -OCH3 is 1. The number of sulfonamides is 1. The van der Waals surface area contributed by atoms with Crippen LogP contribution in [0.2, 0.25) is 0 Å². The molecule has 0 bridgehead atoms. The van der Waals surface area contributed by atoms with Crippen molar-refractivity contribution in [3.8, 4) is 5.75 Å². The van der Waals surface area contributed by atoms with Gasteiger partial charge in [-0.1, -0.05) is 0 Å². The van der Waals surface area contributed by atoms with E-state index in [9.17, 15) is 17.6 Å². The van der Waals surface area contributed by atoms with Gasteiger partial charge in [-0.05, 0) is 48.5 Å². The van der Waals surface area contributed by atoms with E-state index in [1.807, 2.05) is 0 Å². The molecule has 2 N–H and O–H groups in total. The highest BCUT2D eigenvalue weighted by Crippen LogP contribution is 2.22. The van der Waals surface area contributed by atoms with E-state index in [0.29, 0.717) is 11.4 Å². The number of carbonyl (C=O) groups is 1. The molecule has 7 nitrogen and oxygen atoms in total. The number of amides is 1. The summed E-state index contributed by atoms with van der Waals surface area (Å²) in [7, 11) is -2.36. The molecule has 0 unspecified atom stereocenters. The Bertz CT molecular complexity index is 1050. The Hall–Kier alpha value is -2.98. The second kappa shape index (κ2) is 7.72. The third kappa shape index (κ3) is 4.60. The molecule has 3 rings (SSSR count). The first-order valence-corrected chi connectivity index (χ1v) is 9.93.